The quantitative estimate of drug-likeness (QED) is 0.819. The van der Waals surface area contributed by atoms with Crippen LogP contribution in [0.1, 0.15) is 5.56 Å². The highest BCUT2D eigenvalue weighted by atomic mass is 35.5. The predicted molar refractivity (Wildman–Crippen MR) is 64.8 cm³/mol. The normalized spacial score (nSPS) is 10.3. The summed E-state index contributed by atoms with van der Waals surface area (Å²) in [5.41, 5.74) is 9.11. The van der Waals surface area contributed by atoms with Crippen molar-refractivity contribution in [3.63, 3.8) is 0 Å². The zero-order chi connectivity index (χ0) is 10.7. The lowest BCUT2D eigenvalue weighted by atomic mass is 10.00. The SMILES string of the molecule is NCc1cc(Cl)ccc1-c1ccccc1. The van der Waals surface area contributed by atoms with Crippen LogP contribution in [-0.4, -0.2) is 0 Å². The molecule has 0 bridgehead atoms. The molecule has 76 valence electrons. The van der Waals surface area contributed by atoms with Gasteiger partial charge in [0, 0.05) is 11.6 Å². The Labute approximate surface area is 94.5 Å². The molecule has 0 spiro atoms. The Kier molecular flexibility index (Phi) is 3.05. The Morgan fingerprint density at radius 2 is 1.73 bits per heavy atom. The molecule has 0 saturated carbocycles. The first kappa shape index (κ1) is 10.2. The third kappa shape index (κ3) is 2.20. The van der Waals surface area contributed by atoms with Crippen LogP contribution >= 0.6 is 11.6 Å². The molecule has 0 radical (unpaired) electrons. The standard InChI is InChI=1S/C13H12ClN/c14-12-6-7-13(11(8-12)9-15)10-4-2-1-3-5-10/h1-8H,9,15H2. The molecule has 0 unspecified atom stereocenters. The molecule has 0 atom stereocenters. The molecule has 0 fully saturated rings. The number of benzene rings is 2. The molecule has 0 aliphatic carbocycles. The summed E-state index contributed by atoms with van der Waals surface area (Å²) in [7, 11) is 0. The summed E-state index contributed by atoms with van der Waals surface area (Å²) >= 11 is 5.93. The second-order valence-corrected chi connectivity index (χ2v) is 3.81. The van der Waals surface area contributed by atoms with E-state index in [1.807, 2.05) is 36.4 Å². The van der Waals surface area contributed by atoms with Crippen molar-refractivity contribution in [2.45, 2.75) is 6.54 Å². The van der Waals surface area contributed by atoms with Crippen molar-refractivity contribution >= 4 is 11.6 Å². The first-order valence-corrected chi connectivity index (χ1v) is 5.23. The summed E-state index contributed by atoms with van der Waals surface area (Å²) in [6.07, 6.45) is 0. The number of halogens is 1. The Morgan fingerprint density at radius 1 is 1.00 bits per heavy atom. The summed E-state index contributed by atoms with van der Waals surface area (Å²) in [6.45, 7) is 0.505. The van der Waals surface area contributed by atoms with Gasteiger partial charge >= 0.3 is 0 Å². The summed E-state index contributed by atoms with van der Waals surface area (Å²) in [5.74, 6) is 0. The molecule has 2 rings (SSSR count). The van der Waals surface area contributed by atoms with Crippen molar-refractivity contribution in [3.8, 4) is 11.1 Å². The average Bonchev–Trinajstić information content (AvgIpc) is 2.30. The first-order chi connectivity index (χ1) is 7.31. The fraction of sp³-hybridized carbons (Fsp3) is 0.0769. The van der Waals surface area contributed by atoms with E-state index in [4.69, 9.17) is 17.3 Å². The van der Waals surface area contributed by atoms with Gasteiger partial charge in [-0.3, -0.25) is 0 Å². The molecule has 0 aromatic heterocycles. The van der Waals surface area contributed by atoms with E-state index in [9.17, 15) is 0 Å². The van der Waals surface area contributed by atoms with Gasteiger partial charge < -0.3 is 5.73 Å². The van der Waals surface area contributed by atoms with Crippen LogP contribution in [0.4, 0.5) is 0 Å². The second kappa shape index (κ2) is 4.47. The largest absolute Gasteiger partial charge is 0.326 e. The fourth-order valence-corrected chi connectivity index (χ4v) is 1.83. The third-order valence-corrected chi connectivity index (χ3v) is 2.61. The Hall–Kier alpha value is -1.31. The number of rotatable bonds is 2. The molecule has 15 heavy (non-hydrogen) atoms. The van der Waals surface area contributed by atoms with Crippen molar-refractivity contribution in [1.82, 2.24) is 0 Å². The monoisotopic (exact) mass is 217 g/mol. The Morgan fingerprint density at radius 3 is 2.40 bits per heavy atom. The van der Waals surface area contributed by atoms with Crippen LogP contribution in [0.25, 0.3) is 11.1 Å². The van der Waals surface area contributed by atoms with Crippen LogP contribution in [0.5, 0.6) is 0 Å². The zero-order valence-corrected chi connectivity index (χ0v) is 9.04. The summed E-state index contributed by atoms with van der Waals surface area (Å²) in [6, 6.07) is 16.0. The molecule has 2 aromatic rings. The van der Waals surface area contributed by atoms with Crippen LogP contribution in [0, 0.1) is 0 Å². The summed E-state index contributed by atoms with van der Waals surface area (Å²) in [5, 5.41) is 0.732. The molecule has 0 saturated heterocycles. The zero-order valence-electron chi connectivity index (χ0n) is 8.28. The van der Waals surface area contributed by atoms with Crippen molar-refractivity contribution in [2.75, 3.05) is 0 Å². The highest BCUT2D eigenvalue weighted by Crippen LogP contribution is 2.25. The van der Waals surface area contributed by atoms with Crippen LogP contribution in [0.3, 0.4) is 0 Å². The van der Waals surface area contributed by atoms with Gasteiger partial charge in [-0.25, -0.2) is 0 Å². The van der Waals surface area contributed by atoms with Gasteiger partial charge in [0.2, 0.25) is 0 Å². The average molecular weight is 218 g/mol. The van der Waals surface area contributed by atoms with Gasteiger partial charge in [-0.2, -0.15) is 0 Å². The maximum absolute atomic E-state index is 5.93. The third-order valence-electron chi connectivity index (χ3n) is 2.37. The topological polar surface area (TPSA) is 26.0 Å². The first-order valence-electron chi connectivity index (χ1n) is 4.85. The molecule has 0 heterocycles. The minimum Gasteiger partial charge on any atom is -0.326 e. The highest BCUT2D eigenvalue weighted by molar-refractivity contribution is 6.30. The number of nitrogens with two attached hydrogens (primary N) is 1. The Balaban J connectivity index is 2.53. The van der Waals surface area contributed by atoms with Gasteiger partial charge in [-0.15, -0.1) is 0 Å². The lowest BCUT2D eigenvalue weighted by Crippen LogP contribution is -1.98. The molecule has 2 N–H and O–H groups in total. The second-order valence-electron chi connectivity index (χ2n) is 3.37. The van der Waals surface area contributed by atoms with Gasteiger partial charge in [0.05, 0.1) is 0 Å². The van der Waals surface area contributed by atoms with Crippen molar-refractivity contribution < 1.29 is 0 Å². The lowest BCUT2D eigenvalue weighted by Gasteiger charge is -2.08. The summed E-state index contributed by atoms with van der Waals surface area (Å²) in [4.78, 5) is 0. The van der Waals surface area contributed by atoms with Gasteiger partial charge in [-0.05, 0) is 28.8 Å². The molecule has 2 aromatic carbocycles. The van der Waals surface area contributed by atoms with E-state index in [0.717, 1.165) is 16.1 Å². The fourth-order valence-electron chi connectivity index (χ4n) is 1.63. The van der Waals surface area contributed by atoms with Crippen molar-refractivity contribution in [1.29, 1.82) is 0 Å². The van der Waals surface area contributed by atoms with E-state index >= 15 is 0 Å². The predicted octanol–water partition coefficient (Wildman–Crippen LogP) is 3.47. The van der Waals surface area contributed by atoms with Gasteiger partial charge in [0.15, 0.2) is 0 Å². The van der Waals surface area contributed by atoms with E-state index in [-0.39, 0.29) is 0 Å². The van der Waals surface area contributed by atoms with Crippen LogP contribution < -0.4 is 5.73 Å². The molecular weight excluding hydrogens is 206 g/mol. The smallest absolute Gasteiger partial charge is 0.0409 e. The van der Waals surface area contributed by atoms with Gasteiger partial charge in [0.1, 0.15) is 0 Å². The molecular formula is C13H12ClN. The van der Waals surface area contributed by atoms with Crippen LogP contribution in [0.2, 0.25) is 5.02 Å². The van der Waals surface area contributed by atoms with Crippen molar-refractivity contribution in [3.05, 3.63) is 59.1 Å². The van der Waals surface area contributed by atoms with E-state index in [1.54, 1.807) is 0 Å². The minimum absolute atomic E-state index is 0.505. The minimum atomic E-state index is 0.505. The van der Waals surface area contributed by atoms with Gasteiger partial charge in [-0.1, -0.05) is 48.0 Å². The lowest BCUT2D eigenvalue weighted by molar-refractivity contribution is 1.07. The number of hydrogen-bond donors (Lipinski definition) is 1. The molecule has 0 aliphatic heterocycles. The van der Waals surface area contributed by atoms with E-state index < -0.39 is 0 Å². The van der Waals surface area contributed by atoms with Crippen LogP contribution in [0.15, 0.2) is 48.5 Å². The van der Waals surface area contributed by atoms with E-state index in [2.05, 4.69) is 12.1 Å². The van der Waals surface area contributed by atoms with E-state index in [1.165, 1.54) is 5.56 Å². The van der Waals surface area contributed by atoms with Crippen molar-refractivity contribution in [2.24, 2.45) is 5.73 Å². The maximum Gasteiger partial charge on any atom is 0.0409 e. The molecule has 0 aliphatic rings. The van der Waals surface area contributed by atoms with Crippen LogP contribution in [-0.2, 0) is 6.54 Å². The number of hydrogen-bond acceptors (Lipinski definition) is 1. The maximum atomic E-state index is 5.93. The summed E-state index contributed by atoms with van der Waals surface area (Å²) < 4.78 is 0. The highest BCUT2D eigenvalue weighted by Gasteiger charge is 2.03. The molecule has 2 heteroatoms. The van der Waals surface area contributed by atoms with Gasteiger partial charge in [0.25, 0.3) is 0 Å². The molecule has 1 nitrogen and oxygen atoms in total. The molecule has 0 amide bonds. The van der Waals surface area contributed by atoms with E-state index in [0.29, 0.717) is 6.54 Å². The Bertz CT molecular complexity index is 451.